The van der Waals surface area contributed by atoms with Crippen LogP contribution in [-0.2, 0) is 4.74 Å². The predicted molar refractivity (Wildman–Crippen MR) is 67.7 cm³/mol. The lowest BCUT2D eigenvalue weighted by molar-refractivity contribution is 0.0549. The van der Waals surface area contributed by atoms with E-state index >= 15 is 0 Å². The van der Waals surface area contributed by atoms with E-state index in [1.807, 2.05) is 21.6 Å². The molecule has 2 atom stereocenters. The molecule has 0 amide bonds. The summed E-state index contributed by atoms with van der Waals surface area (Å²) in [7, 11) is 3.98. The first kappa shape index (κ1) is 12.7. The van der Waals surface area contributed by atoms with E-state index in [1.165, 1.54) is 19.3 Å². The topological polar surface area (TPSA) is 9.23 Å². The van der Waals surface area contributed by atoms with Crippen LogP contribution in [0.2, 0.25) is 0 Å². The lowest BCUT2D eigenvalue weighted by Gasteiger charge is -2.18. The van der Waals surface area contributed by atoms with Crippen LogP contribution in [-0.4, -0.2) is 16.8 Å². The van der Waals surface area contributed by atoms with E-state index in [-0.39, 0.29) is 0 Å². The molecule has 84 valence electrons. The van der Waals surface area contributed by atoms with E-state index < -0.39 is 0 Å². The van der Waals surface area contributed by atoms with Gasteiger partial charge >= 0.3 is 0 Å². The SMILES string of the molecule is CC(C)OC1CCCC(C(C)C)SS1. The van der Waals surface area contributed by atoms with Gasteiger partial charge in [0.2, 0.25) is 0 Å². The third-order valence-electron chi connectivity index (χ3n) is 2.38. The van der Waals surface area contributed by atoms with Crippen LogP contribution in [0, 0.1) is 5.92 Å². The lowest BCUT2D eigenvalue weighted by atomic mass is 10.0. The molecule has 1 fully saturated rings. The van der Waals surface area contributed by atoms with Crippen molar-refractivity contribution >= 4 is 21.6 Å². The normalized spacial score (nSPS) is 29.6. The molecule has 0 aromatic carbocycles. The summed E-state index contributed by atoms with van der Waals surface area (Å²) in [4.78, 5) is 0. The van der Waals surface area contributed by atoms with E-state index in [2.05, 4.69) is 27.7 Å². The van der Waals surface area contributed by atoms with Crippen molar-refractivity contribution in [1.29, 1.82) is 0 Å². The van der Waals surface area contributed by atoms with Gasteiger partial charge in [-0.05, 0) is 39.0 Å². The molecule has 0 spiro atoms. The van der Waals surface area contributed by atoms with E-state index in [0.717, 1.165) is 11.2 Å². The maximum atomic E-state index is 5.84. The molecule has 1 rings (SSSR count). The second-order valence-corrected chi connectivity index (χ2v) is 7.19. The summed E-state index contributed by atoms with van der Waals surface area (Å²) in [6, 6.07) is 0. The van der Waals surface area contributed by atoms with Crippen LogP contribution < -0.4 is 0 Å². The van der Waals surface area contributed by atoms with Gasteiger partial charge in [0.05, 0.1) is 6.10 Å². The van der Waals surface area contributed by atoms with E-state index in [0.29, 0.717) is 11.5 Å². The van der Waals surface area contributed by atoms with Gasteiger partial charge in [0, 0.05) is 5.25 Å². The average molecular weight is 234 g/mol. The molecule has 1 aliphatic rings. The minimum atomic E-state index is 0.365. The minimum absolute atomic E-state index is 0.365. The number of ether oxygens (including phenoxy) is 1. The first-order valence-electron chi connectivity index (χ1n) is 5.57. The highest BCUT2D eigenvalue weighted by molar-refractivity contribution is 8.77. The van der Waals surface area contributed by atoms with Crippen LogP contribution in [0.1, 0.15) is 47.0 Å². The zero-order valence-electron chi connectivity index (χ0n) is 9.66. The van der Waals surface area contributed by atoms with Gasteiger partial charge in [0.15, 0.2) is 0 Å². The molecule has 1 heterocycles. The maximum Gasteiger partial charge on any atom is 0.113 e. The zero-order chi connectivity index (χ0) is 10.6. The molecule has 2 unspecified atom stereocenters. The second-order valence-electron chi connectivity index (χ2n) is 4.52. The Morgan fingerprint density at radius 3 is 2.36 bits per heavy atom. The summed E-state index contributed by atoms with van der Waals surface area (Å²) in [5.74, 6) is 0.797. The highest BCUT2D eigenvalue weighted by Gasteiger charge is 2.23. The van der Waals surface area contributed by atoms with Crippen LogP contribution in [0.15, 0.2) is 0 Å². The quantitative estimate of drug-likeness (QED) is 0.673. The molecular weight excluding hydrogens is 212 g/mol. The van der Waals surface area contributed by atoms with Gasteiger partial charge in [-0.1, -0.05) is 35.4 Å². The summed E-state index contributed by atoms with van der Waals surface area (Å²) < 4.78 is 5.84. The van der Waals surface area contributed by atoms with Crippen molar-refractivity contribution in [3.05, 3.63) is 0 Å². The molecule has 0 aromatic rings. The van der Waals surface area contributed by atoms with E-state index in [1.54, 1.807) is 0 Å². The van der Waals surface area contributed by atoms with Crippen molar-refractivity contribution in [2.45, 2.75) is 63.7 Å². The molecule has 0 aliphatic carbocycles. The van der Waals surface area contributed by atoms with Crippen molar-refractivity contribution in [1.82, 2.24) is 0 Å². The molecule has 14 heavy (non-hydrogen) atoms. The summed E-state index contributed by atoms with van der Waals surface area (Å²) in [5, 5.41) is 0.820. The smallest absolute Gasteiger partial charge is 0.113 e. The molecule has 1 aliphatic heterocycles. The van der Waals surface area contributed by atoms with Gasteiger partial charge < -0.3 is 4.74 Å². The standard InChI is InChI=1S/C11H22OS2/c1-8(2)10-6-5-7-11(14-13-10)12-9(3)4/h8-11H,5-7H2,1-4H3. The second kappa shape index (κ2) is 6.29. The van der Waals surface area contributed by atoms with Gasteiger partial charge in [-0.15, -0.1) is 0 Å². The Morgan fingerprint density at radius 2 is 1.79 bits per heavy atom. The maximum absolute atomic E-state index is 5.84. The van der Waals surface area contributed by atoms with Crippen LogP contribution in [0.25, 0.3) is 0 Å². The third-order valence-corrected chi connectivity index (χ3v) is 5.80. The molecule has 0 bridgehead atoms. The third kappa shape index (κ3) is 4.45. The lowest BCUT2D eigenvalue weighted by Crippen LogP contribution is -2.12. The van der Waals surface area contributed by atoms with Crippen LogP contribution >= 0.6 is 21.6 Å². The van der Waals surface area contributed by atoms with Crippen LogP contribution in [0.3, 0.4) is 0 Å². The molecule has 0 N–H and O–H groups in total. The summed E-state index contributed by atoms with van der Waals surface area (Å²) in [6.45, 7) is 8.88. The van der Waals surface area contributed by atoms with Crippen LogP contribution in [0.5, 0.6) is 0 Å². The molecule has 3 heteroatoms. The van der Waals surface area contributed by atoms with Crippen molar-refractivity contribution in [3.63, 3.8) is 0 Å². The van der Waals surface area contributed by atoms with Crippen molar-refractivity contribution in [3.8, 4) is 0 Å². The van der Waals surface area contributed by atoms with Gasteiger partial charge in [-0.25, -0.2) is 0 Å². The largest absolute Gasteiger partial charge is 0.364 e. The number of hydrogen-bond donors (Lipinski definition) is 0. The Balaban J connectivity index is 2.33. The van der Waals surface area contributed by atoms with Gasteiger partial charge in [0.1, 0.15) is 5.44 Å². The fourth-order valence-electron chi connectivity index (χ4n) is 1.55. The van der Waals surface area contributed by atoms with Crippen molar-refractivity contribution < 1.29 is 4.74 Å². The Kier molecular flexibility index (Phi) is 5.72. The Morgan fingerprint density at radius 1 is 1.07 bits per heavy atom. The van der Waals surface area contributed by atoms with E-state index in [4.69, 9.17) is 4.74 Å². The van der Waals surface area contributed by atoms with Crippen LogP contribution in [0.4, 0.5) is 0 Å². The first-order chi connectivity index (χ1) is 6.59. The fourth-order valence-corrected chi connectivity index (χ4v) is 5.02. The van der Waals surface area contributed by atoms with Gasteiger partial charge in [-0.2, -0.15) is 0 Å². The molecule has 0 aromatic heterocycles. The highest BCUT2D eigenvalue weighted by atomic mass is 33.1. The molecule has 0 radical (unpaired) electrons. The summed E-state index contributed by atoms with van der Waals surface area (Å²) in [5.41, 5.74) is 0.420. The Hall–Kier alpha value is 0.660. The van der Waals surface area contributed by atoms with Gasteiger partial charge in [-0.3, -0.25) is 0 Å². The summed E-state index contributed by atoms with van der Waals surface area (Å²) >= 11 is 0. The number of hydrogen-bond acceptors (Lipinski definition) is 3. The Labute approximate surface area is 96.1 Å². The number of rotatable bonds is 3. The molecule has 1 nitrogen and oxygen atoms in total. The zero-order valence-corrected chi connectivity index (χ0v) is 11.3. The molecule has 0 saturated carbocycles. The fraction of sp³-hybridized carbons (Fsp3) is 1.00. The summed E-state index contributed by atoms with van der Waals surface area (Å²) in [6.07, 6.45) is 4.26. The minimum Gasteiger partial charge on any atom is -0.364 e. The monoisotopic (exact) mass is 234 g/mol. The first-order valence-corrected chi connectivity index (χ1v) is 7.84. The highest BCUT2D eigenvalue weighted by Crippen LogP contribution is 2.42. The van der Waals surface area contributed by atoms with Crippen molar-refractivity contribution in [2.75, 3.05) is 0 Å². The Bertz CT molecular complexity index is 159. The van der Waals surface area contributed by atoms with E-state index in [9.17, 15) is 0 Å². The molecular formula is C11H22OS2. The molecule has 1 saturated heterocycles. The average Bonchev–Trinajstić information content (AvgIpc) is 2.28. The predicted octanol–water partition coefficient (Wildman–Crippen LogP) is 4.33. The van der Waals surface area contributed by atoms with Crippen molar-refractivity contribution in [2.24, 2.45) is 5.92 Å². The van der Waals surface area contributed by atoms with Gasteiger partial charge in [0.25, 0.3) is 0 Å².